The molecule has 128 valence electrons. The van der Waals surface area contributed by atoms with Crippen molar-refractivity contribution in [3.63, 3.8) is 0 Å². The molecule has 0 bridgehead atoms. The van der Waals surface area contributed by atoms with Crippen LogP contribution in [0.5, 0.6) is 0 Å². The quantitative estimate of drug-likeness (QED) is 0.759. The van der Waals surface area contributed by atoms with Gasteiger partial charge in [0, 0.05) is 24.9 Å². The van der Waals surface area contributed by atoms with Gasteiger partial charge < -0.3 is 9.88 Å². The zero-order chi connectivity index (χ0) is 17.6. The molecule has 2 atom stereocenters. The van der Waals surface area contributed by atoms with Gasteiger partial charge in [-0.15, -0.1) is 0 Å². The van der Waals surface area contributed by atoms with Crippen molar-refractivity contribution in [3.8, 4) is 0 Å². The van der Waals surface area contributed by atoms with Gasteiger partial charge in [0.15, 0.2) is 5.82 Å². The molecular formula is C18H16ClFN4O. The Morgan fingerprint density at radius 3 is 3.00 bits per heavy atom. The Labute approximate surface area is 148 Å². The van der Waals surface area contributed by atoms with Crippen LogP contribution in [0, 0.1) is 0 Å². The number of halogens is 2. The van der Waals surface area contributed by atoms with Gasteiger partial charge in [-0.1, -0.05) is 23.7 Å². The van der Waals surface area contributed by atoms with E-state index in [0.717, 1.165) is 11.3 Å². The number of hydrogen-bond donors (Lipinski definition) is 1. The highest BCUT2D eigenvalue weighted by Gasteiger charge is 2.36. The third-order valence-corrected chi connectivity index (χ3v) is 4.84. The summed E-state index contributed by atoms with van der Waals surface area (Å²) in [5.74, 6) is -0.169. The molecule has 0 aliphatic carbocycles. The van der Waals surface area contributed by atoms with Gasteiger partial charge in [-0.05, 0) is 30.7 Å². The number of aromatic nitrogens is 3. The highest BCUT2D eigenvalue weighted by atomic mass is 35.5. The van der Waals surface area contributed by atoms with E-state index in [1.807, 2.05) is 6.07 Å². The summed E-state index contributed by atoms with van der Waals surface area (Å²) in [4.78, 5) is 26.2. The average Bonchev–Trinajstić information content (AvgIpc) is 3.05. The number of para-hydroxylation sites is 1. The summed E-state index contributed by atoms with van der Waals surface area (Å²) in [6.45, 7) is 1.86. The molecule has 1 N–H and O–H groups in total. The van der Waals surface area contributed by atoms with Gasteiger partial charge in [0.25, 0.3) is 5.91 Å². The van der Waals surface area contributed by atoms with Crippen LogP contribution in [0.15, 0.2) is 36.5 Å². The highest BCUT2D eigenvalue weighted by molar-refractivity contribution is 6.35. The summed E-state index contributed by atoms with van der Waals surface area (Å²) in [6.07, 6.45) is 1.06. The Morgan fingerprint density at radius 2 is 2.24 bits per heavy atom. The number of nitrogens with one attached hydrogen (secondary N) is 1. The Kier molecular flexibility index (Phi) is 3.92. The predicted molar refractivity (Wildman–Crippen MR) is 93.4 cm³/mol. The smallest absolute Gasteiger partial charge is 0.290 e. The summed E-state index contributed by atoms with van der Waals surface area (Å²) in [7, 11) is 0. The zero-order valence-electron chi connectivity index (χ0n) is 13.5. The molecule has 0 radical (unpaired) electrons. The van der Waals surface area contributed by atoms with Gasteiger partial charge in [0.05, 0.1) is 16.6 Å². The van der Waals surface area contributed by atoms with Crippen molar-refractivity contribution in [2.75, 3.05) is 6.54 Å². The van der Waals surface area contributed by atoms with Crippen molar-refractivity contribution in [2.24, 2.45) is 0 Å². The number of alkyl halides is 1. The normalized spacial score (nSPS) is 18.2. The van der Waals surface area contributed by atoms with Crippen LogP contribution in [0.2, 0.25) is 5.02 Å². The molecule has 0 fully saturated rings. The van der Waals surface area contributed by atoms with Gasteiger partial charge in [-0.2, -0.15) is 0 Å². The highest BCUT2D eigenvalue weighted by Crippen LogP contribution is 2.33. The fourth-order valence-corrected chi connectivity index (χ4v) is 3.64. The summed E-state index contributed by atoms with van der Waals surface area (Å²) in [6, 6.07) is 8.23. The first-order chi connectivity index (χ1) is 12.1. The van der Waals surface area contributed by atoms with Gasteiger partial charge in [-0.25, -0.2) is 9.37 Å². The molecule has 4 rings (SSSR count). The van der Waals surface area contributed by atoms with Crippen LogP contribution in [-0.4, -0.2) is 38.5 Å². The molecule has 1 amide bonds. The first kappa shape index (κ1) is 16.0. The van der Waals surface area contributed by atoms with Crippen LogP contribution in [0.25, 0.3) is 11.0 Å². The number of carbonyl (C=O) groups is 1. The lowest BCUT2D eigenvalue weighted by molar-refractivity contribution is 0.0534. The SMILES string of the molecule is C[C@H](F)[C@@H]1c2cccnc2CCN1C(=O)c1nc2c(Cl)cccc2[nH]1. The Bertz CT molecular complexity index is 955. The van der Waals surface area contributed by atoms with E-state index < -0.39 is 12.2 Å². The second kappa shape index (κ2) is 6.11. The lowest BCUT2D eigenvalue weighted by atomic mass is 9.94. The lowest BCUT2D eigenvalue weighted by Gasteiger charge is -2.37. The van der Waals surface area contributed by atoms with Crippen molar-refractivity contribution in [1.29, 1.82) is 0 Å². The van der Waals surface area contributed by atoms with Gasteiger partial charge >= 0.3 is 0 Å². The van der Waals surface area contributed by atoms with E-state index in [2.05, 4.69) is 15.0 Å². The van der Waals surface area contributed by atoms with E-state index in [0.29, 0.717) is 29.0 Å². The van der Waals surface area contributed by atoms with Gasteiger partial charge in [0.1, 0.15) is 11.7 Å². The summed E-state index contributed by atoms with van der Waals surface area (Å²) >= 11 is 6.13. The number of carbonyl (C=O) groups excluding carboxylic acids is 1. The maximum atomic E-state index is 14.4. The predicted octanol–water partition coefficient (Wildman–Crippen LogP) is 3.71. The Balaban J connectivity index is 1.74. The van der Waals surface area contributed by atoms with Crippen molar-refractivity contribution in [3.05, 3.63) is 58.6 Å². The number of imidazole rings is 1. The average molecular weight is 359 g/mol. The number of hydrogen-bond acceptors (Lipinski definition) is 3. The molecule has 0 spiro atoms. The molecule has 1 aliphatic rings. The number of benzene rings is 1. The molecular weight excluding hydrogens is 343 g/mol. The fourth-order valence-electron chi connectivity index (χ4n) is 3.42. The summed E-state index contributed by atoms with van der Waals surface area (Å²) in [5.41, 5.74) is 2.82. The molecule has 2 aromatic heterocycles. The third-order valence-electron chi connectivity index (χ3n) is 4.53. The molecule has 5 nitrogen and oxygen atoms in total. The van der Waals surface area contributed by atoms with Crippen LogP contribution >= 0.6 is 11.6 Å². The number of fused-ring (bicyclic) bond motifs is 2. The van der Waals surface area contributed by atoms with Gasteiger partial charge in [0.2, 0.25) is 0 Å². The van der Waals surface area contributed by atoms with Crippen molar-refractivity contribution in [2.45, 2.75) is 25.6 Å². The Morgan fingerprint density at radius 1 is 1.40 bits per heavy atom. The van der Waals surface area contributed by atoms with Crippen LogP contribution in [0.3, 0.4) is 0 Å². The topological polar surface area (TPSA) is 61.9 Å². The number of aromatic amines is 1. The minimum Gasteiger partial charge on any atom is -0.334 e. The second-order valence-electron chi connectivity index (χ2n) is 6.13. The number of amides is 1. The molecule has 0 saturated carbocycles. The summed E-state index contributed by atoms with van der Waals surface area (Å²) in [5, 5.41) is 0.469. The standard InChI is InChI=1S/C18H16ClFN4O/c1-10(20)16-11-4-3-8-21-13(11)7-9-24(16)18(25)17-22-14-6-2-5-12(19)15(14)23-17/h2-6,8,10,16H,7,9H2,1H3,(H,22,23)/t10-,16+/m0/s1. The minimum atomic E-state index is -1.22. The van der Waals surface area contributed by atoms with Crippen LogP contribution in [0.1, 0.15) is 34.8 Å². The lowest BCUT2D eigenvalue weighted by Crippen LogP contribution is -2.44. The van der Waals surface area contributed by atoms with Crippen molar-refractivity contribution < 1.29 is 9.18 Å². The number of H-pyrrole nitrogens is 1. The molecule has 1 aromatic carbocycles. The fraction of sp³-hybridized carbons (Fsp3) is 0.278. The first-order valence-corrected chi connectivity index (χ1v) is 8.47. The maximum absolute atomic E-state index is 14.4. The number of rotatable bonds is 2. The molecule has 25 heavy (non-hydrogen) atoms. The second-order valence-corrected chi connectivity index (χ2v) is 6.54. The van der Waals surface area contributed by atoms with Gasteiger partial charge in [-0.3, -0.25) is 9.78 Å². The van der Waals surface area contributed by atoms with Crippen LogP contribution < -0.4 is 0 Å². The molecule has 0 saturated heterocycles. The molecule has 0 unspecified atom stereocenters. The van der Waals surface area contributed by atoms with E-state index >= 15 is 0 Å². The van der Waals surface area contributed by atoms with Crippen LogP contribution in [-0.2, 0) is 6.42 Å². The Hall–Kier alpha value is -2.47. The zero-order valence-corrected chi connectivity index (χ0v) is 14.3. The molecule has 3 aromatic rings. The van der Waals surface area contributed by atoms with E-state index in [1.54, 1.807) is 30.5 Å². The maximum Gasteiger partial charge on any atom is 0.290 e. The van der Waals surface area contributed by atoms with Crippen molar-refractivity contribution >= 4 is 28.5 Å². The molecule has 7 heteroatoms. The number of nitrogens with zero attached hydrogens (tertiary/aromatic N) is 3. The van der Waals surface area contributed by atoms with E-state index in [1.165, 1.54) is 11.8 Å². The number of pyridine rings is 1. The monoisotopic (exact) mass is 358 g/mol. The third kappa shape index (κ3) is 2.66. The largest absolute Gasteiger partial charge is 0.334 e. The molecule has 1 aliphatic heterocycles. The van der Waals surface area contributed by atoms with Crippen molar-refractivity contribution in [1.82, 2.24) is 19.9 Å². The van der Waals surface area contributed by atoms with E-state index in [9.17, 15) is 9.18 Å². The summed E-state index contributed by atoms with van der Waals surface area (Å²) < 4.78 is 14.4. The minimum absolute atomic E-state index is 0.168. The first-order valence-electron chi connectivity index (χ1n) is 8.09. The van der Waals surface area contributed by atoms with E-state index in [-0.39, 0.29) is 11.7 Å². The van der Waals surface area contributed by atoms with Crippen LogP contribution in [0.4, 0.5) is 4.39 Å². The van der Waals surface area contributed by atoms with E-state index in [4.69, 9.17) is 11.6 Å². The molecule has 3 heterocycles.